The highest BCUT2D eigenvalue weighted by Crippen LogP contribution is 2.22. The van der Waals surface area contributed by atoms with Crippen molar-refractivity contribution in [1.82, 2.24) is 19.4 Å². The number of hydrogen-bond acceptors (Lipinski definition) is 5. The van der Waals surface area contributed by atoms with E-state index in [2.05, 4.69) is 52.4 Å². The van der Waals surface area contributed by atoms with E-state index in [0.717, 1.165) is 41.9 Å². The Labute approximate surface area is 124 Å². The summed E-state index contributed by atoms with van der Waals surface area (Å²) in [5.41, 5.74) is 8.34. The van der Waals surface area contributed by atoms with Crippen molar-refractivity contribution in [3.63, 3.8) is 0 Å². The van der Waals surface area contributed by atoms with Crippen LogP contribution in [0.1, 0.15) is 62.0 Å². The molecule has 1 atom stereocenters. The third-order valence-electron chi connectivity index (χ3n) is 3.67. The molecule has 0 fully saturated rings. The summed E-state index contributed by atoms with van der Waals surface area (Å²) in [6.07, 6.45) is 5.88. The van der Waals surface area contributed by atoms with Crippen molar-refractivity contribution in [2.75, 3.05) is 0 Å². The third-order valence-corrected chi connectivity index (χ3v) is 4.56. The second-order valence-electron chi connectivity index (χ2n) is 5.01. The molecule has 0 amide bonds. The molecule has 0 radical (unpaired) electrons. The Kier molecular flexibility index (Phi) is 5.25. The molecule has 0 aromatic carbocycles. The third kappa shape index (κ3) is 3.24. The van der Waals surface area contributed by atoms with Crippen molar-refractivity contribution in [2.24, 2.45) is 5.73 Å². The Morgan fingerprint density at radius 3 is 2.70 bits per heavy atom. The summed E-state index contributed by atoms with van der Waals surface area (Å²) in [6, 6.07) is 2.49. The molecule has 0 bridgehead atoms. The Morgan fingerprint density at radius 2 is 2.05 bits per heavy atom. The van der Waals surface area contributed by atoms with Crippen LogP contribution in [0.4, 0.5) is 0 Å². The molecule has 6 heteroatoms. The number of nitrogens with two attached hydrogens (primary N) is 1. The Morgan fingerprint density at radius 1 is 1.30 bits per heavy atom. The predicted molar refractivity (Wildman–Crippen MR) is 81.8 cm³/mol. The van der Waals surface area contributed by atoms with Gasteiger partial charge in [0.25, 0.3) is 0 Å². The molecule has 0 aliphatic rings. The van der Waals surface area contributed by atoms with Crippen LogP contribution < -0.4 is 5.73 Å². The zero-order chi connectivity index (χ0) is 14.5. The van der Waals surface area contributed by atoms with Gasteiger partial charge in [0.15, 0.2) is 0 Å². The smallest absolute Gasteiger partial charge is 0.0801 e. The molecule has 5 nitrogen and oxygen atoms in total. The van der Waals surface area contributed by atoms with Gasteiger partial charge in [0.2, 0.25) is 0 Å². The predicted octanol–water partition coefficient (Wildman–Crippen LogP) is 2.90. The number of rotatable bonds is 7. The van der Waals surface area contributed by atoms with Gasteiger partial charge in [-0.15, -0.1) is 5.10 Å². The lowest BCUT2D eigenvalue weighted by molar-refractivity contribution is 0.424. The van der Waals surface area contributed by atoms with Gasteiger partial charge in [-0.2, -0.15) is 5.10 Å². The zero-order valence-corrected chi connectivity index (χ0v) is 13.2. The van der Waals surface area contributed by atoms with E-state index in [4.69, 9.17) is 5.73 Å². The molecule has 0 saturated heterocycles. The molecule has 110 valence electrons. The Bertz CT molecular complexity index is 529. The normalized spacial score (nSPS) is 13.1. The lowest BCUT2D eigenvalue weighted by Gasteiger charge is -2.13. The molecule has 0 spiro atoms. The van der Waals surface area contributed by atoms with E-state index >= 15 is 0 Å². The van der Waals surface area contributed by atoms with Gasteiger partial charge in [0.1, 0.15) is 0 Å². The molecule has 20 heavy (non-hydrogen) atoms. The summed E-state index contributed by atoms with van der Waals surface area (Å²) in [6.45, 7) is 6.46. The van der Waals surface area contributed by atoms with Crippen molar-refractivity contribution >= 4 is 11.5 Å². The molecular weight excluding hydrogens is 270 g/mol. The summed E-state index contributed by atoms with van der Waals surface area (Å²) in [7, 11) is 0. The van der Waals surface area contributed by atoms with Crippen LogP contribution in [-0.2, 0) is 12.8 Å². The van der Waals surface area contributed by atoms with Gasteiger partial charge >= 0.3 is 0 Å². The lowest BCUT2D eigenvalue weighted by Crippen LogP contribution is -2.15. The minimum atomic E-state index is -0.0602. The van der Waals surface area contributed by atoms with E-state index in [-0.39, 0.29) is 6.04 Å². The monoisotopic (exact) mass is 293 g/mol. The van der Waals surface area contributed by atoms with Crippen LogP contribution in [0.3, 0.4) is 0 Å². The number of aromatic nitrogens is 4. The van der Waals surface area contributed by atoms with Crippen molar-refractivity contribution in [1.29, 1.82) is 0 Å². The highest BCUT2D eigenvalue weighted by molar-refractivity contribution is 7.05. The van der Waals surface area contributed by atoms with E-state index < -0.39 is 0 Å². The van der Waals surface area contributed by atoms with Gasteiger partial charge in [0, 0.05) is 18.7 Å². The summed E-state index contributed by atoms with van der Waals surface area (Å²) >= 11 is 1.40. The topological polar surface area (TPSA) is 69.6 Å². The summed E-state index contributed by atoms with van der Waals surface area (Å²) < 4.78 is 6.06. The van der Waals surface area contributed by atoms with Gasteiger partial charge < -0.3 is 5.73 Å². The highest BCUT2D eigenvalue weighted by atomic mass is 32.1. The molecule has 0 aliphatic heterocycles. The summed E-state index contributed by atoms with van der Waals surface area (Å²) in [4.78, 5) is 1.09. The fraction of sp³-hybridized carbons (Fsp3) is 0.643. The van der Waals surface area contributed by atoms with Gasteiger partial charge in [0.05, 0.1) is 22.3 Å². The van der Waals surface area contributed by atoms with Crippen LogP contribution >= 0.6 is 11.5 Å². The van der Waals surface area contributed by atoms with Crippen molar-refractivity contribution in [2.45, 2.75) is 58.5 Å². The van der Waals surface area contributed by atoms with Crippen LogP contribution in [0.5, 0.6) is 0 Å². The molecule has 0 aliphatic carbocycles. The first-order valence-electron chi connectivity index (χ1n) is 7.30. The van der Waals surface area contributed by atoms with E-state index in [1.165, 1.54) is 11.5 Å². The molecular formula is C14H23N5S. The van der Waals surface area contributed by atoms with Crippen molar-refractivity contribution in [3.8, 4) is 0 Å². The maximum Gasteiger partial charge on any atom is 0.0801 e. The quantitative estimate of drug-likeness (QED) is 0.852. The van der Waals surface area contributed by atoms with E-state index in [0.29, 0.717) is 6.04 Å². The van der Waals surface area contributed by atoms with Crippen LogP contribution in [0, 0.1) is 0 Å². The Balaban J connectivity index is 2.07. The SMILES string of the molecule is CCc1nnsc1C(N)Cc1ccn(C(CC)CC)n1. The van der Waals surface area contributed by atoms with Crippen LogP contribution in [-0.4, -0.2) is 19.4 Å². The lowest BCUT2D eigenvalue weighted by atomic mass is 10.1. The molecule has 2 heterocycles. The fourth-order valence-corrected chi connectivity index (χ4v) is 3.15. The number of nitrogens with zero attached hydrogens (tertiary/aromatic N) is 4. The maximum atomic E-state index is 6.28. The molecule has 0 saturated carbocycles. The van der Waals surface area contributed by atoms with Crippen molar-refractivity contribution in [3.05, 3.63) is 28.5 Å². The average molecular weight is 293 g/mol. The fourth-order valence-electron chi connectivity index (χ4n) is 2.41. The van der Waals surface area contributed by atoms with Gasteiger partial charge in [-0.3, -0.25) is 4.68 Å². The van der Waals surface area contributed by atoms with Gasteiger partial charge in [-0.25, -0.2) is 0 Å². The van der Waals surface area contributed by atoms with E-state index in [1.807, 2.05) is 0 Å². The molecule has 2 aromatic heterocycles. The first-order valence-corrected chi connectivity index (χ1v) is 8.07. The maximum absolute atomic E-state index is 6.28. The first kappa shape index (κ1) is 15.1. The van der Waals surface area contributed by atoms with Crippen LogP contribution in [0.2, 0.25) is 0 Å². The van der Waals surface area contributed by atoms with Gasteiger partial charge in [-0.05, 0) is 36.9 Å². The first-order chi connectivity index (χ1) is 9.69. The number of hydrogen-bond donors (Lipinski definition) is 1. The average Bonchev–Trinajstić information content (AvgIpc) is 3.09. The van der Waals surface area contributed by atoms with Crippen LogP contribution in [0.25, 0.3) is 0 Å². The van der Waals surface area contributed by atoms with Gasteiger partial charge in [-0.1, -0.05) is 25.3 Å². The minimum absolute atomic E-state index is 0.0602. The van der Waals surface area contributed by atoms with E-state index in [1.54, 1.807) is 0 Å². The summed E-state index contributed by atoms with van der Waals surface area (Å²) in [5.74, 6) is 0. The molecule has 2 rings (SSSR count). The second-order valence-corrected chi connectivity index (χ2v) is 5.79. The molecule has 1 unspecified atom stereocenters. The largest absolute Gasteiger partial charge is 0.323 e. The minimum Gasteiger partial charge on any atom is -0.323 e. The second kappa shape index (κ2) is 6.95. The summed E-state index contributed by atoms with van der Waals surface area (Å²) in [5, 5.41) is 8.78. The number of aryl methyl sites for hydroxylation is 1. The molecule has 2 N–H and O–H groups in total. The zero-order valence-electron chi connectivity index (χ0n) is 12.4. The van der Waals surface area contributed by atoms with Crippen LogP contribution in [0.15, 0.2) is 12.3 Å². The Hall–Kier alpha value is -1.27. The molecule has 2 aromatic rings. The highest BCUT2D eigenvalue weighted by Gasteiger charge is 2.17. The van der Waals surface area contributed by atoms with E-state index in [9.17, 15) is 0 Å². The standard InChI is InChI=1S/C14H23N5S/c1-4-11(5-2)19-8-7-10(17-19)9-12(15)14-13(6-3)16-18-20-14/h7-8,11-12H,4-6,9,15H2,1-3H3. The van der Waals surface area contributed by atoms with Crippen molar-refractivity contribution < 1.29 is 0 Å².